The average molecular weight is 296 g/mol. The lowest BCUT2D eigenvalue weighted by atomic mass is 10.1. The predicted octanol–water partition coefficient (Wildman–Crippen LogP) is 4.80. The molecule has 0 radical (unpaired) electrons. The summed E-state index contributed by atoms with van der Waals surface area (Å²) in [4.78, 5) is 13.2. The van der Waals surface area contributed by atoms with Crippen LogP contribution in [-0.4, -0.2) is 11.1 Å². The van der Waals surface area contributed by atoms with Crippen molar-refractivity contribution in [1.82, 2.24) is 0 Å². The maximum absolute atomic E-state index is 11.5. The van der Waals surface area contributed by atoms with E-state index in [1.165, 1.54) is 11.8 Å². The van der Waals surface area contributed by atoms with Crippen molar-refractivity contribution in [1.29, 1.82) is 0 Å². The van der Waals surface area contributed by atoms with E-state index in [4.69, 9.17) is 4.42 Å². The number of benzene rings is 2. The van der Waals surface area contributed by atoms with Gasteiger partial charge in [-0.3, -0.25) is 0 Å². The molecule has 0 aliphatic carbocycles. The molecule has 1 N–H and O–H groups in total. The highest BCUT2D eigenvalue weighted by Crippen LogP contribution is 2.33. The van der Waals surface area contributed by atoms with E-state index in [0.717, 1.165) is 10.5 Å². The molecule has 1 heterocycles. The van der Waals surface area contributed by atoms with E-state index < -0.39 is 5.97 Å². The van der Waals surface area contributed by atoms with Crippen molar-refractivity contribution in [3.8, 4) is 11.3 Å². The van der Waals surface area contributed by atoms with Crippen molar-refractivity contribution >= 4 is 17.7 Å². The number of carboxylic acid groups (broad SMARTS) is 1. The van der Waals surface area contributed by atoms with Gasteiger partial charge in [0.05, 0.1) is 11.8 Å². The number of carboxylic acids is 1. The largest absolute Gasteiger partial charge is 0.478 e. The third kappa shape index (κ3) is 3.01. The van der Waals surface area contributed by atoms with E-state index in [1.54, 1.807) is 18.4 Å². The Morgan fingerprint density at radius 2 is 1.81 bits per heavy atom. The Bertz CT molecular complexity index is 749. The summed E-state index contributed by atoms with van der Waals surface area (Å²) in [5.41, 5.74) is 1.03. The maximum atomic E-state index is 11.5. The average Bonchev–Trinajstić information content (AvgIpc) is 3.03. The molecule has 0 saturated carbocycles. The van der Waals surface area contributed by atoms with Crippen LogP contribution in [0.4, 0.5) is 0 Å². The fourth-order valence-electron chi connectivity index (χ4n) is 2.00. The Balaban J connectivity index is 1.99. The highest BCUT2D eigenvalue weighted by molar-refractivity contribution is 7.99. The number of hydrogen-bond donors (Lipinski definition) is 1. The van der Waals surface area contributed by atoms with Crippen LogP contribution in [0.15, 0.2) is 81.1 Å². The van der Waals surface area contributed by atoms with Crippen LogP contribution in [-0.2, 0) is 0 Å². The Labute approximate surface area is 126 Å². The van der Waals surface area contributed by atoms with Crippen molar-refractivity contribution in [2.75, 3.05) is 0 Å². The van der Waals surface area contributed by atoms with Gasteiger partial charge in [0.1, 0.15) is 5.76 Å². The van der Waals surface area contributed by atoms with Crippen LogP contribution in [0.2, 0.25) is 0 Å². The molecule has 0 fully saturated rings. The molecule has 1 aromatic heterocycles. The van der Waals surface area contributed by atoms with Crippen molar-refractivity contribution < 1.29 is 14.3 Å². The summed E-state index contributed by atoms with van der Waals surface area (Å²) in [7, 11) is 0. The first kappa shape index (κ1) is 13.5. The number of furan rings is 1. The molecule has 3 aromatic rings. The summed E-state index contributed by atoms with van der Waals surface area (Å²) < 4.78 is 5.31. The molecule has 0 amide bonds. The fraction of sp³-hybridized carbons (Fsp3) is 0. The monoisotopic (exact) mass is 296 g/mol. The first-order chi connectivity index (χ1) is 10.2. The molecule has 0 atom stereocenters. The Hall–Kier alpha value is -2.46. The van der Waals surface area contributed by atoms with E-state index in [1.807, 2.05) is 48.5 Å². The standard InChI is InChI=1S/C17H12O3S/c18-17(19)14-11-12(15-7-4-10-20-15)8-9-16(14)21-13-5-2-1-3-6-13/h1-11H,(H,18,19). The molecule has 0 aliphatic heterocycles. The molecule has 104 valence electrons. The van der Waals surface area contributed by atoms with Crippen molar-refractivity contribution in [2.24, 2.45) is 0 Å². The first-order valence-corrected chi connectivity index (χ1v) is 7.20. The molecule has 0 saturated heterocycles. The molecule has 4 heteroatoms. The molecule has 3 nitrogen and oxygen atoms in total. The van der Waals surface area contributed by atoms with Gasteiger partial charge in [0.25, 0.3) is 0 Å². The van der Waals surface area contributed by atoms with Gasteiger partial charge in [-0.1, -0.05) is 36.0 Å². The number of hydrogen-bond acceptors (Lipinski definition) is 3. The molecule has 0 bridgehead atoms. The lowest BCUT2D eigenvalue weighted by Crippen LogP contribution is -1.99. The third-order valence-electron chi connectivity index (χ3n) is 2.99. The van der Waals surface area contributed by atoms with Gasteiger partial charge < -0.3 is 9.52 Å². The molecule has 0 unspecified atom stereocenters. The van der Waals surface area contributed by atoms with Crippen LogP contribution in [0, 0.1) is 0 Å². The van der Waals surface area contributed by atoms with Crippen LogP contribution in [0.1, 0.15) is 10.4 Å². The van der Waals surface area contributed by atoms with Gasteiger partial charge in [-0.25, -0.2) is 4.79 Å². The summed E-state index contributed by atoms with van der Waals surface area (Å²) in [5.74, 6) is -0.282. The smallest absolute Gasteiger partial charge is 0.336 e. The molecule has 0 aliphatic rings. The van der Waals surface area contributed by atoms with E-state index >= 15 is 0 Å². The lowest BCUT2D eigenvalue weighted by Gasteiger charge is -2.07. The minimum atomic E-state index is -0.943. The molecule has 0 spiro atoms. The van der Waals surface area contributed by atoms with Gasteiger partial charge in [0.2, 0.25) is 0 Å². The Morgan fingerprint density at radius 3 is 2.48 bits per heavy atom. The summed E-state index contributed by atoms with van der Waals surface area (Å²) >= 11 is 1.44. The van der Waals surface area contributed by atoms with Crippen LogP contribution in [0.25, 0.3) is 11.3 Å². The van der Waals surface area contributed by atoms with Crippen molar-refractivity contribution in [3.63, 3.8) is 0 Å². The summed E-state index contributed by atoms with van der Waals surface area (Å²) in [5, 5.41) is 9.42. The van der Waals surface area contributed by atoms with Gasteiger partial charge in [0, 0.05) is 15.4 Å². The van der Waals surface area contributed by atoms with Crippen molar-refractivity contribution in [3.05, 3.63) is 72.5 Å². The minimum Gasteiger partial charge on any atom is -0.478 e. The van der Waals surface area contributed by atoms with E-state index in [-0.39, 0.29) is 5.56 Å². The molecular formula is C17H12O3S. The second-order valence-corrected chi connectivity index (χ2v) is 5.52. The van der Waals surface area contributed by atoms with Gasteiger partial charge in [-0.05, 0) is 36.4 Å². The van der Waals surface area contributed by atoms with Gasteiger partial charge >= 0.3 is 5.97 Å². The summed E-state index contributed by atoms with van der Waals surface area (Å²) in [6.45, 7) is 0. The third-order valence-corrected chi connectivity index (χ3v) is 4.07. The molecule has 2 aromatic carbocycles. The maximum Gasteiger partial charge on any atom is 0.336 e. The minimum absolute atomic E-state index is 0.276. The van der Waals surface area contributed by atoms with E-state index in [2.05, 4.69) is 0 Å². The van der Waals surface area contributed by atoms with Crippen LogP contribution in [0.3, 0.4) is 0 Å². The van der Waals surface area contributed by atoms with E-state index in [9.17, 15) is 9.90 Å². The molecular weight excluding hydrogens is 284 g/mol. The first-order valence-electron chi connectivity index (χ1n) is 6.38. The topological polar surface area (TPSA) is 50.4 Å². The van der Waals surface area contributed by atoms with Crippen LogP contribution < -0.4 is 0 Å². The molecule has 3 rings (SSSR count). The zero-order valence-corrected chi connectivity index (χ0v) is 11.8. The number of aromatic carboxylic acids is 1. The predicted molar refractivity (Wildman–Crippen MR) is 81.7 cm³/mol. The summed E-state index contributed by atoms with van der Waals surface area (Å²) in [6, 6.07) is 18.6. The highest BCUT2D eigenvalue weighted by atomic mass is 32.2. The van der Waals surface area contributed by atoms with Gasteiger partial charge in [-0.15, -0.1) is 0 Å². The van der Waals surface area contributed by atoms with Gasteiger partial charge in [-0.2, -0.15) is 0 Å². The SMILES string of the molecule is O=C(O)c1cc(-c2ccco2)ccc1Sc1ccccc1. The second kappa shape index (κ2) is 5.89. The molecule has 21 heavy (non-hydrogen) atoms. The highest BCUT2D eigenvalue weighted by Gasteiger charge is 2.13. The van der Waals surface area contributed by atoms with Gasteiger partial charge in [0.15, 0.2) is 0 Å². The number of rotatable bonds is 4. The summed E-state index contributed by atoms with van der Waals surface area (Å²) in [6.07, 6.45) is 1.57. The zero-order valence-electron chi connectivity index (χ0n) is 11.0. The lowest BCUT2D eigenvalue weighted by molar-refractivity contribution is 0.0693. The van der Waals surface area contributed by atoms with E-state index in [0.29, 0.717) is 10.7 Å². The second-order valence-electron chi connectivity index (χ2n) is 4.41. The number of carbonyl (C=O) groups is 1. The van der Waals surface area contributed by atoms with Crippen LogP contribution >= 0.6 is 11.8 Å². The van der Waals surface area contributed by atoms with Crippen molar-refractivity contribution in [2.45, 2.75) is 9.79 Å². The fourth-order valence-corrected chi connectivity index (χ4v) is 2.94. The Morgan fingerprint density at radius 1 is 1.00 bits per heavy atom. The van der Waals surface area contributed by atoms with Crippen LogP contribution in [0.5, 0.6) is 0 Å². The normalized spacial score (nSPS) is 10.5. The quantitative estimate of drug-likeness (QED) is 0.751. The zero-order chi connectivity index (χ0) is 14.7. The Kier molecular flexibility index (Phi) is 3.79.